The first-order valence-electron chi connectivity index (χ1n) is 6.49. The number of esters is 1. The van der Waals surface area contributed by atoms with Crippen LogP contribution in [-0.4, -0.2) is 27.2 Å². The fourth-order valence-electron chi connectivity index (χ4n) is 1.92. The summed E-state index contributed by atoms with van der Waals surface area (Å²) in [6, 6.07) is 13.6. The number of hydrogen-bond acceptors (Lipinski definition) is 4. The van der Waals surface area contributed by atoms with E-state index in [0.29, 0.717) is 12.2 Å². The van der Waals surface area contributed by atoms with E-state index < -0.39 is 9.84 Å². The molecule has 0 amide bonds. The Morgan fingerprint density at radius 1 is 1.05 bits per heavy atom. The van der Waals surface area contributed by atoms with E-state index >= 15 is 0 Å². The van der Waals surface area contributed by atoms with Crippen LogP contribution >= 0.6 is 0 Å². The molecule has 0 unspecified atom stereocenters. The second-order valence-corrected chi connectivity index (χ2v) is 6.61. The highest BCUT2D eigenvalue weighted by molar-refractivity contribution is 7.90. The highest BCUT2D eigenvalue weighted by Crippen LogP contribution is 2.23. The van der Waals surface area contributed by atoms with Gasteiger partial charge in [0.05, 0.1) is 17.1 Å². The molecular formula is C16H16O4S. The molecule has 0 fully saturated rings. The van der Waals surface area contributed by atoms with Crippen molar-refractivity contribution >= 4 is 15.8 Å². The third kappa shape index (κ3) is 3.70. The monoisotopic (exact) mass is 304 g/mol. The van der Waals surface area contributed by atoms with Crippen LogP contribution in [0.3, 0.4) is 0 Å². The molecule has 0 N–H and O–H groups in total. The lowest BCUT2D eigenvalue weighted by Crippen LogP contribution is -2.04. The van der Waals surface area contributed by atoms with E-state index in [9.17, 15) is 13.2 Å². The minimum Gasteiger partial charge on any atom is -0.462 e. The molecule has 0 spiro atoms. The number of ether oxygens (including phenoxy) is 1. The van der Waals surface area contributed by atoms with Gasteiger partial charge < -0.3 is 4.74 Å². The maximum atomic E-state index is 11.6. The summed E-state index contributed by atoms with van der Waals surface area (Å²) >= 11 is 0. The van der Waals surface area contributed by atoms with Gasteiger partial charge in [-0.2, -0.15) is 0 Å². The quantitative estimate of drug-likeness (QED) is 0.815. The van der Waals surface area contributed by atoms with Crippen molar-refractivity contribution in [3.05, 3.63) is 54.1 Å². The Morgan fingerprint density at radius 2 is 1.71 bits per heavy atom. The van der Waals surface area contributed by atoms with Gasteiger partial charge in [0.25, 0.3) is 0 Å². The van der Waals surface area contributed by atoms with Crippen molar-refractivity contribution in [1.82, 2.24) is 0 Å². The highest BCUT2D eigenvalue weighted by Gasteiger charge is 2.09. The fourth-order valence-corrected chi connectivity index (χ4v) is 2.59. The number of carbonyl (C=O) groups excluding carboxylic acids is 1. The maximum absolute atomic E-state index is 11.6. The predicted molar refractivity (Wildman–Crippen MR) is 80.9 cm³/mol. The number of rotatable bonds is 4. The Bertz CT molecular complexity index is 746. The minimum atomic E-state index is -3.24. The Morgan fingerprint density at radius 3 is 2.29 bits per heavy atom. The first-order valence-corrected chi connectivity index (χ1v) is 8.38. The standard InChI is InChI=1S/C16H16O4S/c1-3-20-16(17)13-9-7-12(8-10-13)14-5-4-6-15(11-14)21(2,18)19/h4-11H,3H2,1-2H3. The Balaban J connectivity index is 2.33. The van der Waals surface area contributed by atoms with Crippen LogP contribution in [-0.2, 0) is 14.6 Å². The van der Waals surface area contributed by atoms with Crippen molar-refractivity contribution in [3.8, 4) is 11.1 Å². The molecule has 0 aliphatic heterocycles. The van der Waals surface area contributed by atoms with Gasteiger partial charge in [-0.1, -0.05) is 24.3 Å². The SMILES string of the molecule is CCOC(=O)c1ccc(-c2cccc(S(C)(=O)=O)c2)cc1. The van der Waals surface area contributed by atoms with Gasteiger partial charge in [0.15, 0.2) is 9.84 Å². The van der Waals surface area contributed by atoms with Crippen molar-refractivity contribution in [2.75, 3.05) is 12.9 Å². The van der Waals surface area contributed by atoms with Crippen molar-refractivity contribution in [2.45, 2.75) is 11.8 Å². The molecular weight excluding hydrogens is 288 g/mol. The molecule has 0 saturated carbocycles. The molecule has 0 aromatic heterocycles. The van der Waals surface area contributed by atoms with E-state index in [2.05, 4.69) is 0 Å². The Labute approximate surface area is 124 Å². The van der Waals surface area contributed by atoms with E-state index in [4.69, 9.17) is 4.74 Å². The van der Waals surface area contributed by atoms with Crippen LogP contribution in [0.25, 0.3) is 11.1 Å². The molecule has 0 atom stereocenters. The number of sulfone groups is 1. The summed E-state index contributed by atoms with van der Waals surface area (Å²) in [5.74, 6) is -0.367. The van der Waals surface area contributed by atoms with E-state index in [1.54, 1.807) is 49.4 Å². The second-order valence-electron chi connectivity index (χ2n) is 4.60. The van der Waals surface area contributed by atoms with Crippen LogP contribution in [0.5, 0.6) is 0 Å². The molecule has 110 valence electrons. The van der Waals surface area contributed by atoms with Gasteiger partial charge in [-0.05, 0) is 42.3 Å². The topological polar surface area (TPSA) is 60.4 Å². The van der Waals surface area contributed by atoms with Gasteiger partial charge in [-0.3, -0.25) is 0 Å². The predicted octanol–water partition coefficient (Wildman–Crippen LogP) is 2.93. The normalized spacial score (nSPS) is 11.1. The van der Waals surface area contributed by atoms with Gasteiger partial charge in [0.2, 0.25) is 0 Å². The zero-order chi connectivity index (χ0) is 15.5. The zero-order valence-electron chi connectivity index (χ0n) is 11.9. The van der Waals surface area contributed by atoms with E-state index in [0.717, 1.165) is 11.1 Å². The van der Waals surface area contributed by atoms with Crippen LogP contribution < -0.4 is 0 Å². The highest BCUT2D eigenvalue weighted by atomic mass is 32.2. The van der Waals surface area contributed by atoms with Gasteiger partial charge >= 0.3 is 5.97 Å². The van der Waals surface area contributed by atoms with Crippen molar-refractivity contribution < 1.29 is 17.9 Å². The average molecular weight is 304 g/mol. The molecule has 4 nitrogen and oxygen atoms in total. The lowest BCUT2D eigenvalue weighted by atomic mass is 10.0. The van der Waals surface area contributed by atoms with Gasteiger partial charge in [0, 0.05) is 6.26 Å². The summed E-state index contributed by atoms with van der Waals surface area (Å²) in [4.78, 5) is 11.8. The molecule has 21 heavy (non-hydrogen) atoms. The van der Waals surface area contributed by atoms with Crippen LogP contribution in [0.2, 0.25) is 0 Å². The average Bonchev–Trinajstić information content (AvgIpc) is 2.47. The maximum Gasteiger partial charge on any atom is 0.338 e. The molecule has 0 bridgehead atoms. The van der Waals surface area contributed by atoms with Crippen LogP contribution in [0, 0.1) is 0 Å². The summed E-state index contributed by atoms with van der Waals surface area (Å²) in [6.45, 7) is 2.08. The minimum absolute atomic E-state index is 0.273. The van der Waals surface area contributed by atoms with Crippen molar-refractivity contribution in [3.63, 3.8) is 0 Å². The molecule has 0 radical (unpaired) electrons. The summed E-state index contributed by atoms with van der Waals surface area (Å²) in [7, 11) is -3.24. The summed E-state index contributed by atoms with van der Waals surface area (Å²) < 4.78 is 28.1. The molecule has 5 heteroatoms. The molecule has 0 heterocycles. The van der Waals surface area contributed by atoms with E-state index in [1.165, 1.54) is 6.26 Å². The molecule has 0 aliphatic rings. The van der Waals surface area contributed by atoms with Gasteiger partial charge in [-0.15, -0.1) is 0 Å². The van der Waals surface area contributed by atoms with E-state index in [1.807, 2.05) is 6.07 Å². The number of carbonyl (C=O) groups is 1. The summed E-state index contributed by atoms with van der Waals surface area (Å²) in [5.41, 5.74) is 2.10. The zero-order valence-corrected chi connectivity index (χ0v) is 12.7. The third-order valence-corrected chi connectivity index (χ3v) is 4.10. The Kier molecular flexibility index (Phi) is 4.43. The van der Waals surface area contributed by atoms with Crippen LogP contribution in [0.15, 0.2) is 53.4 Å². The first kappa shape index (κ1) is 15.3. The lowest BCUT2D eigenvalue weighted by Gasteiger charge is -2.06. The molecule has 0 aliphatic carbocycles. The number of hydrogen-bond donors (Lipinski definition) is 0. The van der Waals surface area contributed by atoms with Crippen LogP contribution in [0.1, 0.15) is 17.3 Å². The molecule has 2 aromatic rings. The Hall–Kier alpha value is -2.14. The third-order valence-electron chi connectivity index (χ3n) is 2.99. The molecule has 2 rings (SSSR count). The van der Waals surface area contributed by atoms with Crippen molar-refractivity contribution in [2.24, 2.45) is 0 Å². The first-order chi connectivity index (χ1) is 9.91. The van der Waals surface area contributed by atoms with Gasteiger partial charge in [0.1, 0.15) is 0 Å². The molecule has 0 saturated heterocycles. The lowest BCUT2D eigenvalue weighted by molar-refractivity contribution is 0.0526. The van der Waals surface area contributed by atoms with Crippen LogP contribution in [0.4, 0.5) is 0 Å². The van der Waals surface area contributed by atoms with E-state index in [-0.39, 0.29) is 10.9 Å². The van der Waals surface area contributed by atoms with Crippen molar-refractivity contribution in [1.29, 1.82) is 0 Å². The summed E-state index contributed by atoms with van der Waals surface area (Å²) in [5, 5.41) is 0. The molecule has 2 aromatic carbocycles. The largest absolute Gasteiger partial charge is 0.462 e. The number of benzene rings is 2. The summed E-state index contributed by atoms with van der Waals surface area (Å²) in [6.07, 6.45) is 1.18. The fraction of sp³-hybridized carbons (Fsp3) is 0.188. The smallest absolute Gasteiger partial charge is 0.338 e. The van der Waals surface area contributed by atoms with Gasteiger partial charge in [-0.25, -0.2) is 13.2 Å². The second kappa shape index (κ2) is 6.10.